The molecule has 164 valence electrons. The number of likely N-dealkylation sites (tertiary alicyclic amines) is 1. The highest BCUT2D eigenvalue weighted by Crippen LogP contribution is 2.36. The summed E-state index contributed by atoms with van der Waals surface area (Å²) in [5, 5.41) is 19.6. The van der Waals surface area contributed by atoms with Gasteiger partial charge in [-0.05, 0) is 49.7 Å². The van der Waals surface area contributed by atoms with Crippen molar-refractivity contribution >= 4 is 41.9 Å². The van der Waals surface area contributed by atoms with Crippen LogP contribution in [0.5, 0.6) is 0 Å². The van der Waals surface area contributed by atoms with Crippen molar-refractivity contribution in [1.29, 1.82) is 0 Å². The highest BCUT2D eigenvalue weighted by atomic mass is 127. The Hall–Kier alpha value is -1.88. The number of imide groups is 1. The van der Waals surface area contributed by atoms with E-state index in [-0.39, 0.29) is 35.8 Å². The number of nitrogens with one attached hydrogen (secondary N) is 3. The van der Waals surface area contributed by atoms with Gasteiger partial charge in [-0.3, -0.25) is 15.1 Å². The van der Waals surface area contributed by atoms with Crippen LogP contribution in [-0.2, 0) is 16.8 Å². The molecule has 0 spiro atoms. The van der Waals surface area contributed by atoms with Crippen LogP contribution in [-0.4, -0.2) is 60.1 Å². The van der Waals surface area contributed by atoms with Crippen molar-refractivity contribution in [1.82, 2.24) is 20.9 Å². The number of guanidine groups is 1. The highest BCUT2D eigenvalue weighted by Gasteiger charge is 2.48. The second kappa shape index (κ2) is 8.70. The number of aliphatic imine (C=N–C) groups is 1. The fourth-order valence-electron chi connectivity index (χ4n) is 4.92. The molecule has 1 aromatic carbocycles. The minimum atomic E-state index is -0.884. The number of hydrogen-bond donors (Lipinski definition) is 4. The minimum absolute atomic E-state index is 0. The van der Waals surface area contributed by atoms with Crippen molar-refractivity contribution in [3.63, 3.8) is 0 Å². The Balaban J connectivity index is 0.00000256. The molecule has 2 aliphatic heterocycles. The third-order valence-electron chi connectivity index (χ3n) is 6.76. The highest BCUT2D eigenvalue weighted by molar-refractivity contribution is 14.0. The van der Waals surface area contributed by atoms with Crippen molar-refractivity contribution < 1.29 is 14.7 Å². The number of amides is 3. The Labute approximate surface area is 193 Å². The molecule has 0 aromatic heterocycles. The largest absolute Gasteiger partial charge is 0.383 e. The van der Waals surface area contributed by atoms with E-state index in [0.29, 0.717) is 13.0 Å². The average molecular weight is 527 g/mol. The standard InChI is InChI=1S/C21H29N5O3.HI/c1-20(17(27)24-19(28)25-20)15-8-11-26(12-9-15)18(22-2)23-13-21(29)10-7-14-5-3-4-6-16(14)21;/h3-6,15,29H,7-13H2,1-2H3,(H,22,23)(H2,24,25,27,28);1H. The lowest BCUT2D eigenvalue weighted by Crippen LogP contribution is -2.56. The molecule has 2 atom stereocenters. The van der Waals surface area contributed by atoms with Gasteiger partial charge in [-0.1, -0.05) is 24.3 Å². The van der Waals surface area contributed by atoms with Crippen LogP contribution in [0.2, 0.25) is 0 Å². The van der Waals surface area contributed by atoms with E-state index in [1.54, 1.807) is 14.0 Å². The van der Waals surface area contributed by atoms with E-state index in [2.05, 4.69) is 31.9 Å². The van der Waals surface area contributed by atoms with Crippen LogP contribution in [0.4, 0.5) is 4.79 Å². The third kappa shape index (κ3) is 4.01. The summed E-state index contributed by atoms with van der Waals surface area (Å²) in [7, 11) is 1.74. The molecule has 2 fully saturated rings. The quantitative estimate of drug-likeness (QED) is 0.206. The Kier molecular flexibility index (Phi) is 6.61. The Morgan fingerprint density at radius 1 is 1.30 bits per heavy atom. The van der Waals surface area contributed by atoms with Crippen molar-refractivity contribution in [2.75, 3.05) is 26.7 Å². The van der Waals surface area contributed by atoms with E-state index in [9.17, 15) is 14.7 Å². The lowest BCUT2D eigenvalue weighted by molar-refractivity contribution is -0.125. The number of nitrogens with zero attached hydrogens (tertiary/aromatic N) is 2. The van der Waals surface area contributed by atoms with Crippen molar-refractivity contribution in [3.8, 4) is 0 Å². The van der Waals surface area contributed by atoms with Gasteiger partial charge in [-0.15, -0.1) is 24.0 Å². The Morgan fingerprint density at radius 2 is 2.00 bits per heavy atom. The van der Waals surface area contributed by atoms with E-state index in [0.717, 1.165) is 43.9 Å². The Bertz CT molecular complexity index is 855. The number of aliphatic hydroxyl groups is 1. The molecule has 8 nitrogen and oxygen atoms in total. The van der Waals surface area contributed by atoms with Crippen LogP contribution in [0.15, 0.2) is 29.3 Å². The molecule has 0 saturated carbocycles. The SMILES string of the molecule is CN=C(NCC1(O)CCc2ccccc21)N1CCC(C2(C)NC(=O)NC2=O)CC1.I. The molecule has 30 heavy (non-hydrogen) atoms. The van der Waals surface area contributed by atoms with Gasteiger partial charge in [0.15, 0.2) is 5.96 Å². The molecule has 2 saturated heterocycles. The fraction of sp³-hybridized carbons (Fsp3) is 0.571. The summed E-state index contributed by atoms with van der Waals surface area (Å²) in [5.41, 5.74) is 0.475. The van der Waals surface area contributed by atoms with E-state index in [1.807, 2.05) is 18.2 Å². The number of rotatable bonds is 3. The van der Waals surface area contributed by atoms with Gasteiger partial charge in [-0.25, -0.2) is 4.79 Å². The van der Waals surface area contributed by atoms with Crippen LogP contribution >= 0.6 is 24.0 Å². The van der Waals surface area contributed by atoms with Gasteiger partial charge in [0.05, 0.1) is 6.54 Å². The first-order chi connectivity index (χ1) is 13.9. The second-order valence-corrected chi connectivity index (χ2v) is 8.46. The smallest absolute Gasteiger partial charge is 0.322 e. The van der Waals surface area contributed by atoms with Crippen molar-refractivity contribution in [3.05, 3.63) is 35.4 Å². The van der Waals surface area contributed by atoms with Crippen molar-refractivity contribution in [2.24, 2.45) is 10.9 Å². The molecule has 2 heterocycles. The van der Waals surface area contributed by atoms with Gasteiger partial charge in [0.2, 0.25) is 0 Å². The minimum Gasteiger partial charge on any atom is -0.383 e. The van der Waals surface area contributed by atoms with E-state index >= 15 is 0 Å². The van der Waals surface area contributed by atoms with Gasteiger partial charge >= 0.3 is 6.03 Å². The molecule has 4 rings (SSSR count). The summed E-state index contributed by atoms with van der Waals surface area (Å²) < 4.78 is 0. The van der Waals surface area contributed by atoms with Crippen LogP contribution in [0, 0.1) is 5.92 Å². The van der Waals surface area contributed by atoms with Gasteiger partial charge < -0.3 is 20.6 Å². The zero-order chi connectivity index (χ0) is 20.6. The average Bonchev–Trinajstić information content (AvgIpc) is 3.19. The predicted octanol–water partition coefficient (Wildman–Crippen LogP) is 1.32. The number of carbonyl (C=O) groups is 2. The van der Waals surface area contributed by atoms with Crippen LogP contribution in [0.1, 0.15) is 37.3 Å². The maximum atomic E-state index is 12.2. The zero-order valence-electron chi connectivity index (χ0n) is 17.4. The number of piperidine rings is 1. The number of aryl methyl sites for hydroxylation is 1. The Morgan fingerprint density at radius 3 is 2.63 bits per heavy atom. The second-order valence-electron chi connectivity index (χ2n) is 8.46. The van der Waals surface area contributed by atoms with Crippen LogP contribution in [0.3, 0.4) is 0 Å². The molecule has 3 amide bonds. The first-order valence-electron chi connectivity index (χ1n) is 10.3. The summed E-state index contributed by atoms with van der Waals surface area (Å²) in [5.74, 6) is 0.589. The molecule has 1 aliphatic carbocycles. The molecule has 2 unspecified atom stereocenters. The number of hydrogen-bond acceptors (Lipinski definition) is 4. The maximum Gasteiger partial charge on any atom is 0.322 e. The molecule has 1 aromatic rings. The van der Waals surface area contributed by atoms with Gasteiger partial charge in [0.25, 0.3) is 5.91 Å². The maximum absolute atomic E-state index is 12.2. The third-order valence-corrected chi connectivity index (χ3v) is 6.76. The normalized spacial score (nSPS) is 29.2. The molecule has 0 bridgehead atoms. The monoisotopic (exact) mass is 527 g/mol. The number of benzene rings is 1. The van der Waals surface area contributed by atoms with Crippen LogP contribution in [0.25, 0.3) is 0 Å². The van der Waals surface area contributed by atoms with Gasteiger partial charge in [0.1, 0.15) is 11.1 Å². The summed E-state index contributed by atoms with van der Waals surface area (Å²) >= 11 is 0. The van der Waals surface area contributed by atoms with E-state index in [4.69, 9.17) is 0 Å². The van der Waals surface area contributed by atoms with Crippen LogP contribution < -0.4 is 16.0 Å². The fourth-order valence-corrected chi connectivity index (χ4v) is 4.92. The number of fused-ring (bicyclic) bond motifs is 1. The predicted molar refractivity (Wildman–Crippen MR) is 125 cm³/mol. The van der Waals surface area contributed by atoms with E-state index in [1.165, 1.54) is 5.56 Å². The molecule has 3 aliphatic rings. The number of carbonyl (C=O) groups excluding carboxylic acids is 2. The lowest BCUT2D eigenvalue weighted by atomic mass is 9.79. The summed E-state index contributed by atoms with van der Waals surface area (Å²) in [4.78, 5) is 30.3. The molecular weight excluding hydrogens is 497 g/mol. The molecule has 4 N–H and O–H groups in total. The summed E-state index contributed by atoms with van der Waals surface area (Å²) in [6.45, 7) is 3.68. The van der Waals surface area contributed by atoms with Gasteiger partial charge in [0, 0.05) is 20.1 Å². The molecular formula is C21H30IN5O3. The lowest BCUT2D eigenvalue weighted by Gasteiger charge is -2.40. The molecule has 0 radical (unpaired) electrons. The van der Waals surface area contributed by atoms with Crippen molar-refractivity contribution in [2.45, 2.75) is 43.7 Å². The molecule has 9 heteroatoms. The summed E-state index contributed by atoms with van der Waals surface area (Å²) in [6, 6.07) is 7.63. The zero-order valence-corrected chi connectivity index (χ0v) is 19.7. The van der Waals surface area contributed by atoms with E-state index < -0.39 is 17.2 Å². The summed E-state index contributed by atoms with van der Waals surface area (Å²) in [6.07, 6.45) is 3.13. The number of halogens is 1. The number of urea groups is 1. The first kappa shape index (κ1) is 22.8. The first-order valence-corrected chi connectivity index (χ1v) is 10.3. The van der Waals surface area contributed by atoms with Gasteiger partial charge in [-0.2, -0.15) is 0 Å². The topological polar surface area (TPSA) is 106 Å².